The van der Waals surface area contributed by atoms with Crippen molar-refractivity contribution < 1.29 is 0 Å². The minimum Gasteiger partial charge on any atom is -0.311 e. The van der Waals surface area contributed by atoms with Crippen molar-refractivity contribution in [2.45, 2.75) is 61.9 Å². The van der Waals surface area contributed by atoms with Gasteiger partial charge in [0.1, 0.15) is 0 Å². The smallest absolute Gasteiger partial charge is 0.0866 e. The van der Waals surface area contributed by atoms with Gasteiger partial charge in [0.15, 0.2) is 0 Å². The van der Waals surface area contributed by atoms with Gasteiger partial charge < -0.3 is 5.32 Å². The van der Waals surface area contributed by atoms with Crippen LogP contribution in [0.3, 0.4) is 0 Å². The molecule has 0 amide bonds. The topological polar surface area (TPSA) is 48.7 Å². The van der Waals surface area contributed by atoms with Crippen molar-refractivity contribution in [3.8, 4) is 6.07 Å². The van der Waals surface area contributed by atoms with Gasteiger partial charge >= 0.3 is 0 Å². The van der Waals surface area contributed by atoms with Crippen LogP contribution in [0.25, 0.3) is 0 Å². The van der Waals surface area contributed by atoms with E-state index >= 15 is 0 Å². The van der Waals surface area contributed by atoms with Crippen LogP contribution in [0.5, 0.6) is 0 Å². The van der Waals surface area contributed by atoms with Crippen molar-refractivity contribution in [3.63, 3.8) is 0 Å². The Morgan fingerprint density at radius 1 is 1.16 bits per heavy atom. The summed E-state index contributed by atoms with van der Waals surface area (Å²) in [5.74, 6) is 0.710. The summed E-state index contributed by atoms with van der Waals surface area (Å²) < 4.78 is 0. The lowest BCUT2D eigenvalue weighted by atomic mass is 9.72. The van der Waals surface area contributed by atoms with Crippen LogP contribution in [-0.4, -0.2) is 17.1 Å². The summed E-state index contributed by atoms with van der Waals surface area (Å²) in [6, 6.07) is 5.96. The summed E-state index contributed by atoms with van der Waals surface area (Å²) in [5.41, 5.74) is 2.21. The zero-order valence-corrected chi connectivity index (χ0v) is 11.1. The standard InChI is InChI=1S/C16H19N3/c17-10-16(6-14-3-4-15(7-16)19-14)13-5-12(8-18-9-13)11-1-2-11/h5,8-9,11,14-15,19H,1-4,6-7H2/t14-,15+,16?. The normalized spacial score (nSPS) is 37.0. The van der Waals surface area contributed by atoms with E-state index < -0.39 is 0 Å². The van der Waals surface area contributed by atoms with E-state index in [0.717, 1.165) is 18.4 Å². The van der Waals surface area contributed by atoms with Gasteiger partial charge in [-0.05, 0) is 55.6 Å². The van der Waals surface area contributed by atoms with Crippen molar-refractivity contribution in [2.24, 2.45) is 0 Å². The van der Waals surface area contributed by atoms with E-state index in [1.54, 1.807) is 0 Å². The highest BCUT2D eigenvalue weighted by Gasteiger charge is 2.45. The molecule has 3 aliphatic rings. The van der Waals surface area contributed by atoms with Crippen LogP contribution in [0.15, 0.2) is 18.5 Å². The Hall–Kier alpha value is -1.40. The quantitative estimate of drug-likeness (QED) is 0.881. The molecule has 3 heterocycles. The van der Waals surface area contributed by atoms with Gasteiger partial charge in [-0.2, -0.15) is 5.26 Å². The number of pyridine rings is 1. The lowest BCUT2D eigenvalue weighted by molar-refractivity contribution is 0.304. The Kier molecular flexibility index (Phi) is 2.43. The first-order valence-corrected chi connectivity index (χ1v) is 7.42. The van der Waals surface area contributed by atoms with Crippen molar-refractivity contribution in [1.29, 1.82) is 5.26 Å². The fourth-order valence-electron chi connectivity index (χ4n) is 3.90. The first-order valence-electron chi connectivity index (χ1n) is 7.42. The third-order valence-electron chi connectivity index (χ3n) is 5.10. The number of nitriles is 1. The van der Waals surface area contributed by atoms with E-state index in [-0.39, 0.29) is 5.41 Å². The zero-order valence-electron chi connectivity index (χ0n) is 11.1. The molecule has 1 aromatic rings. The molecule has 1 aliphatic carbocycles. The van der Waals surface area contributed by atoms with E-state index in [1.807, 2.05) is 12.4 Å². The van der Waals surface area contributed by atoms with Gasteiger partial charge in [0, 0.05) is 24.5 Å². The zero-order chi connectivity index (χ0) is 12.9. The summed E-state index contributed by atoms with van der Waals surface area (Å²) in [4.78, 5) is 4.41. The molecule has 2 saturated heterocycles. The summed E-state index contributed by atoms with van der Waals surface area (Å²) in [6.45, 7) is 0. The van der Waals surface area contributed by atoms with Crippen LogP contribution in [0.2, 0.25) is 0 Å². The molecule has 3 heteroatoms. The van der Waals surface area contributed by atoms with Crippen LogP contribution in [0, 0.1) is 11.3 Å². The summed E-state index contributed by atoms with van der Waals surface area (Å²) in [6.07, 6.45) is 10.9. The predicted octanol–water partition coefficient (Wildman–Crippen LogP) is 2.63. The number of nitrogens with zero attached hydrogens (tertiary/aromatic N) is 2. The Morgan fingerprint density at radius 2 is 1.89 bits per heavy atom. The highest BCUT2D eigenvalue weighted by molar-refractivity contribution is 5.37. The molecule has 3 nitrogen and oxygen atoms in total. The van der Waals surface area contributed by atoms with Crippen LogP contribution in [-0.2, 0) is 5.41 Å². The summed E-state index contributed by atoms with van der Waals surface area (Å²) in [5, 5.41) is 13.4. The highest BCUT2D eigenvalue weighted by atomic mass is 15.0. The summed E-state index contributed by atoms with van der Waals surface area (Å²) in [7, 11) is 0. The van der Waals surface area contributed by atoms with Gasteiger partial charge in [-0.3, -0.25) is 4.98 Å². The molecule has 98 valence electrons. The second-order valence-electron chi connectivity index (χ2n) is 6.52. The van der Waals surface area contributed by atoms with Crippen molar-refractivity contribution in [1.82, 2.24) is 10.3 Å². The van der Waals surface area contributed by atoms with Gasteiger partial charge in [-0.25, -0.2) is 0 Å². The molecule has 0 aromatic carbocycles. The number of hydrogen-bond donors (Lipinski definition) is 1. The molecule has 2 bridgehead atoms. The molecule has 3 atom stereocenters. The Balaban J connectivity index is 1.72. The van der Waals surface area contributed by atoms with Crippen LogP contribution < -0.4 is 5.32 Å². The van der Waals surface area contributed by atoms with E-state index in [2.05, 4.69) is 22.4 Å². The Bertz CT molecular complexity index is 529. The molecule has 2 aliphatic heterocycles. The molecular weight excluding hydrogens is 234 g/mol. The minimum atomic E-state index is -0.297. The minimum absolute atomic E-state index is 0.297. The summed E-state index contributed by atoms with van der Waals surface area (Å²) >= 11 is 0. The number of hydrogen-bond acceptors (Lipinski definition) is 3. The van der Waals surface area contributed by atoms with Gasteiger partial charge in [-0.1, -0.05) is 6.07 Å². The molecule has 19 heavy (non-hydrogen) atoms. The molecule has 0 radical (unpaired) electrons. The largest absolute Gasteiger partial charge is 0.311 e. The number of fused-ring (bicyclic) bond motifs is 2. The first-order chi connectivity index (χ1) is 9.29. The molecule has 1 saturated carbocycles. The number of aromatic nitrogens is 1. The highest BCUT2D eigenvalue weighted by Crippen LogP contribution is 2.45. The predicted molar refractivity (Wildman–Crippen MR) is 72.7 cm³/mol. The van der Waals surface area contributed by atoms with E-state index in [4.69, 9.17) is 0 Å². The van der Waals surface area contributed by atoms with Crippen molar-refractivity contribution >= 4 is 0 Å². The SMILES string of the molecule is N#CC1(c2cncc(C3CC3)c2)C[C@H]2CC[C@@H](C1)N2. The third-order valence-corrected chi connectivity index (χ3v) is 5.10. The van der Waals surface area contributed by atoms with Gasteiger partial charge in [-0.15, -0.1) is 0 Å². The Labute approximate surface area is 114 Å². The van der Waals surface area contributed by atoms with Gasteiger partial charge in [0.25, 0.3) is 0 Å². The molecule has 1 unspecified atom stereocenters. The maximum absolute atomic E-state index is 9.80. The fourth-order valence-corrected chi connectivity index (χ4v) is 3.90. The maximum Gasteiger partial charge on any atom is 0.0866 e. The average molecular weight is 253 g/mol. The Morgan fingerprint density at radius 3 is 2.53 bits per heavy atom. The second kappa shape index (κ2) is 4.05. The number of rotatable bonds is 2. The third kappa shape index (κ3) is 1.86. The first kappa shape index (κ1) is 11.4. The maximum atomic E-state index is 9.80. The lowest BCUT2D eigenvalue weighted by Crippen LogP contribution is -2.46. The van der Waals surface area contributed by atoms with Crippen molar-refractivity contribution in [3.05, 3.63) is 29.6 Å². The second-order valence-corrected chi connectivity index (χ2v) is 6.52. The molecule has 3 fully saturated rings. The van der Waals surface area contributed by atoms with E-state index in [0.29, 0.717) is 18.0 Å². The molecule has 1 aromatic heterocycles. The average Bonchev–Trinajstić information content (AvgIpc) is 3.25. The molecule has 1 N–H and O–H groups in total. The van der Waals surface area contributed by atoms with Crippen LogP contribution in [0.4, 0.5) is 0 Å². The van der Waals surface area contributed by atoms with Gasteiger partial charge in [0.2, 0.25) is 0 Å². The number of piperidine rings is 1. The van der Waals surface area contributed by atoms with E-state index in [9.17, 15) is 5.26 Å². The van der Waals surface area contributed by atoms with Crippen LogP contribution in [0.1, 0.15) is 55.6 Å². The number of nitrogens with one attached hydrogen (secondary N) is 1. The molecular formula is C16H19N3. The van der Waals surface area contributed by atoms with Gasteiger partial charge in [0.05, 0.1) is 11.5 Å². The van der Waals surface area contributed by atoms with Crippen LogP contribution >= 0.6 is 0 Å². The molecule has 4 rings (SSSR count). The fraction of sp³-hybridized carbons (Fsp3) is 0.625. The lowest BCUT2D eigenvalue weighted by Gasteiger charge is -2.36. The van der Waals surface area contributed by atoms with Crippen molar-refractivity contribution in [2.75, 3.05) is 0 Å². The monoisotopic (exact) mass is 253 g/mol. The van der Waals surface area contributed by atoms with E-state index in [1.165, 1.54) is 31.2 Å². The molecule has 0 spiro atoms.